The van der Waals surface area contributed by atoms with Crippen LogP contribution in [0.2, 0.25) is 0 Å². The predicted octanol–water partition coefficient (Wildman–Crippen LogP) is 1.69. The van der Waals surface area contributed by atoms with Gasteiger partial charge in [-0.2, -0.15) is 0 Å². The van der Waals surface area contributed by atoms with Crippen molar-refractivity contribution in [2.24, 2.45) is 0 Å². The van der Waals surface area contributed by atoms with Gasteiger partial charge in [-0.15, -0.1) is 0 Å². The summed E-state index contributed by atoms with van der Waals surface area (Å²) >= 11 is 0. The Labute approximate surface area is 127 Å². The van der Waals surface area contributed by atoms with Crippen molar-refractivity contribution in [2.75, 3.05) is 0 Å². The van der Waals surface area contributed by atoms with Crippen molar-refractivity contribution in [3.63, 3.8) is 0 Å². The van der Waals surface area contributed by atoms with Crippen molar-refractivity contribution < 1.29 is 35.1 Å². The van der Waals surface area contributed by atoms with E-state index < -0.39 is 51.2 Å². The van der Waals surface area contributed by atoms with E-state index >= 15 is 0 Å². The summed E-state index contributed by atoms with van der Waals surface area (Å²) in [6, 6.07) is 4.77. The zero-order valence-electron chi connectivity index (χ0n) is 11.3. The first-order valence-corrected chi connectivity index (χ1v) is 6.28. The minimum Gasteiger partial charge on any atom is -0.507 e. The molecular weight excluding hydrogens is 308 g/mol. The van der Waals surface area contributed by atoms with Crippen LogP contribution in [-0.4, -0.2) is 30.6 Å². The molecule has 0 bridgehead atoms. The fourth-order valence-corrected chi connectivity index (χ4v) is 2.20. The second-order valence-electron chi connectivity index (χ2n) is 4.75. The fourth-order valence-electron chi connectivity index (χ4n) is 2.20. The lowest BCUT2D eigenvalue weighted by Gasteiger charge is -2.11. The molecule has 1 aromatic heterocycles. The molecular formula is C15H10O8. The van der Waals surface area contributed by atoms with Crippen LogP contribution in [0.1, 0.15) is 0 Å². The minimum absolute atomic E-state index is 0.0887. The molecule has 3 rings (SSSR count). The second-order valence-corrected chi connectivity index (χ2v) is 4.75. The molecule has 0 aliphatic carbocycles. The monoisotopic (exact) mass is 318 g/mol. The number of aromatic hydroxyl groups is 6. The Bertz CT molecular complexity index is 1000. The lowest BCUT2D eigenvalue weighted by Crippen LogP contribution is -2.03. The third-order valence-corrected chi connectivity index (χ3v) is 3.35. The van der Waals surface area contributed by atoms with Crippen molar-refractivity contribution in [1.82, 2.24) is 0 Å². The summed E-state index contributed by atoms with van der Waals surface area (Å²) in [4.78, 5) is 12.2. The molecule has 0 atom stereocenters. The molecule has 0 unspecified atom stereocenters. The number of hydrogen-bond donors (Lipinski definition) is 6. The number of benzene rings is 2. The number of fused-ring (bicyclic) bond motifs is 1. The quantitative estimate of drug-likeness (QED) is 0.293. The average Bonchev–Trinajstić information content (AvgIpc) is 2.52. The molecule has 0 saturated carbocycles. The molecule has 0 saturated heterocycles. The van der Waals surface area contributed by atoms with Crippen molar-refractivity contribution in [2.45, 2.75) is 0 Å². The zero-order chi connectivity index (χ0) is 16.9. The number of rotatable bonds is 1. The van der Waals surface area contributed by atoms with Gasteiger partial charge in [0.1, 0.15) is 16.7 Å². The Balaban J connectivity index is 2.43. The van der Waals surface area contributed by atoms with Crippen LogP contribution in [0, 0.1) is 0 Å². The van der Waals surface area contributed by atoms with Gasteiger partial charge in [-0.05, 0) is 18.2 Å². The van der Waals surface area contributed by atoms with E-state index in [1.54, 1.807) is 0 Å². The number of phenolic OH excluding ortho intramolecular Hbond substituents is 5. The van der Waals surface area contributed by atoms with Gasteiger partial charge in [0.15, 0.2) is 17.3 Å². The van der Waals surface area contributed by atoms with Gasteiger partial charge in [-0.3, -0.25) is 4.79 Å². The van der Waals surface area contributed by atoms with Gasteiger partial charge in [0, 0.05) is 0 Å². The summed E-state index contributed by atoms with van der Waals surface area (Å²) in [6.45, 7) is 0. The zero-order valence-corrected chi connectivity index (χ0v) is 11.3. The summed E-state index contributed by atoms with van der Waals surface area (Å²) in [6.07, 6.45) is 0. The average molecular weight is 318 g/mol. The molecule has 1 heterocycles. The van der Waals surface area contributed by atoms with Crippen LogP contribution in [0.5, 0.6) is 34.5 Å². The third kappa shape index (κ3) is 1.96. The van der Waals surface area contributed by atoms with Crippen LogP contribution in [0.15, 0.2) is 33.5 Å². The van der Waals surface area contributed by atoms with E-state index in [9.17, 15) is 35.4 Å². The van der Waals surface area contributed by atoms with E-state index in [0.29, 0.717) is 0 Å². The maximum Gasteiger partial charge on any atom is 0.238 e. The lowest BCUT2D eigenvalue weighted by atomic mass is 10.1. The van der Waals surface area contributed by atoms with Crippen molar-refractivity contribution in [1.29, 1.82) is 0 Å². The molecule has 0 aliphatic rings. The molecule has 0 spiro atoms. The molecule has 2 aromatic carbocycles. The molecule has 6 N–H and O–H groups in total. The highest BCUT2D eigenvalue weighted by Gasteiger charge is 2.24. The topological polar surface area (TPSA) is 152 Å². The van der Waals surface area contributed by atoms with E-state index in [1.807, 2.05) is 0 Å². The van der Waals surface area contributed by atoms with Crippen LogP contribution in [0.3, 0.4) is 0 Å². The summed E-state index contributed by atoms with van der Waals surface area (Å²) in [5.74, 6) is -5.61. The Morgan fingerprint density at radius 3 is 2.17 bits per heavy atom. The van der Waals surface area contributed by atoms with Gasteiger partial charge in [0.05, 0.1) is 5.56 Å². The largest absolute Gasteiger partial charge is 0.507 e. The SMILES string of the molecule is O=c1c(O)c(-c2cc(O)c(O)c(O)c2O)oc2cccc(O)c12. The maximum absolute atomic E-state index is 12.2. The number of phenols is 5. The first-order chi connectivity index (χ1) is 10.8. The molecule has 23 heavy (non-hydrogen) atoms. The van der Waals surface area contributed by atoms with Gasteiger partial charge in [0.2, 0.25) is 22.7 Å². The summed E-state index contributed by atoms with van der Waals surface area (Å²) in [5.41, 5.74) is -1.47. The van der Waals surface area contributed by atoms with E-state index in [-0.39, 0.29) is 11.0 Å². The fraction of sp³-hybridized carbons (Fsp3) is 0. The molecule has 0 radical (unpaired) electrons. The molecule has 3 aromatic rings. The van der Waals surface area contributed by atoms with Crippen molar-refractivity contribution in [3.8, 4) is 45.8 Å². The van der Waals surface area contributed by atoms with Gasteiger partial charge in [-0.1, -0.05) is 6.07 Å². The highest BCUT2D eigenvalue weighted by atomic mass is 16.4. The Kier molecular flexibility index (Phi) is 2.96. The molecule has 8 nitrogen and oxygen atoms in total. The smallest absolute Gasteiger partial charge is 0.238 e. The summed E-state index contributed by atoms with van der Waals surface area (Å²) in [5, 5.41) is 57.7. The summed E-state index contributed by atoms with van der Waals surface area (Å²) in [7, 11) is 0. The van der Waals surface area contributed by atoms with E-state index in [2.05, 4.69) is 0 Å². The van der Waals surface area contributed by atoms with Crippen LogP contribution in [0.4, 0.5) is 0 Å². The third-order valence-electron chi connectivity index (χ3n) is 3.35. The van der Waals surface area contributed by atoms with Crippen molar-refractivity contribution >= 4 is 11.0 Å². The highest BCUT2D eigenvalue weighted by Crippen LogP contribution is 2.49. The van der Waals surface area contributed by atoms with Gasteiger partial charge in [-0.25, -0.2) is 0 Å². The minimum atomic E-state index is -1.04. The maximum atomic E-state index is 12.2. The Morgan fingerprint density at radius 1 is 0.783 bits per heavy atom. The van der Waals surface area contributed by atoms with E-state index in [1.165, 1.54) is 18.2 Å². The molecule has 8 heteroatoms. The Hall–Kier alpha value is -3.55. The van der Waals surface area contributed by atoms with Crippen molar-refractivity contribution in [3.05, 3.63) is 34.5 Å². The second kappa shape index (κ2) is 4.73. The molecule has 0 aliphatic heterocycles. The molecule has 118 valence electrons. The first-order valence-electron chi connectivity index (χ1n) is 6.28. The first kappa shape index (κ1) is 14.4. The van der Waals surface area contributed by atoms with Crippen LogP contribution >= 0.6 is 0 Å². The molecule has 0 amide bonds. The van der Waals surface area contributed by atoms with E-state index in [4.69, 9.17) is 4.42 Å². The van der Waals surface area contributed by atoms with Gasteiger partial charge >= 0.3 is 0 Å². The Morgan fingerprint density at radius 2 is 1.48 bits per heavy atom. The van der Waals surface area contributed by atoms with Crippen LogP contribution < -0.4 is 5.43 Å². The normalized spacial score (nSPS) is 11.0. The van der Waals surface area contributed by atoms with Crippen LogP contribution in [-0.2, 0) is 0 Å². The van der Waals surface area contributed by atoms with Gasteiger partial charge in [0.25, 0.3) is 0 Å². The molecule has 0 fully saturated rings. The predicted molar refractivity (Wildman–Crippen MR) is 77.9 cm³/mol. The lowest BCUT2D eigenvalue weighted by molar-refractivity contribution is 0.346. The van der Waals surface area contributed by atoms with Crippen LogP contribution in [0.25, 0.3) is 22.3 Å². The highest BCUT2D eigenvalue weighted by molar-refractivity contribution is 5.88. The number of hydrogen-bond acceptors (Lipinski definition) is 8. The van der Waals surface area contributed by atoms with E-state index in [0.717, 1.165) is 6.07 Å². The standard InChI is InChI=1S/C15H10O8/c16-6-2-1-3-8-9(6)12(20)14(22)15(23-8)5-4-7(17)11(19)13(21)10(5)18/h1-4,16-19,21-22H. The summed E-state index contributed by atoms with van der Waals surface area (Å²) < 4.78 is 5.30. The van der Waals surface area contributed by atoms with Gasteiger partial charge < -0.3 is 35.1 Å².